The number of hydrogen-bond acceptors (Lipinski definition) is 3. The van der Waals surface area contributed by atoms with Gasteiger partial charge in [-0.2, -0.15) is 0 Å². The van der Waals surface area contributed by atoms with Crippen molar-refractivity contribution in [3.05, 3.63) is 42.4 Å². The molecule has 1 aliphatic heterocycles. The zero-order valence-corrected chi connectivity index (χ0v) is 15.0. The van der Waals surface area contributed by atoms with E-state index in [9.17, 15) is 9.90 Å². The highest BCUT2D eigenvalue weighted by molar-refractivity contribution is 5.77. The van der Waals surface area contributed by atoms with E-state index < -0.39 is 6.10 Å². The molecule has 5 heteroatoms. The molecule has 5 nitrogen and oxygen atoms in total. The van der Waals surface area contributed by atoms with E-state index in [2.05, 4.69) is 9.97 Å². The molecule has 2 heterocycles. The Hall–Kier alpha value is -2.14. The summed E-state index contributed by atoms with van der Waals surface area (Å²) in [5.74, 6) is 0.940. The first-order valence-electron chi connectivity index (χ1n) is 9.14. The number of aromatic amines is 1. The molecule has 0 unspecified atom stereocenters. The first-order chi connectivity index (χ1) is 12.1. The monoisotopic (exact) mass is 341 g/mol. The van der Waals surface area contributed by atoms with Gasteiger partial charge in [-0.05, 0) is 30.7 Å². The number of piperidine rings is 1. The smallest absolute Gasteiger partial charge is 0.225 e. The predicted molar refractivity (Wildman–Crippen MR) is 97.8 cm³/mol. The van der Waals surface area contributed by atoms with Crippen LogP contribution in [0.4, 0.5) is 0 Å². The number of aliphatic hydroxyl groups is 1. The first-order valence-corrected chi connectivity index (χ1v) is 9.14. The third kappa shape index (κ3) is 4.10. The predicted octanol–water partition coefficient (Wildman–Crippen LogP) is 3.54. The number of hydrogen-bond donors (Lipinski definition) is 2. The van der Waals surface area contributed by atoms with Crippen LogP contribution in [0.15, 0.2) is 36.5 Å². The van der Waals surface area contributed by atoms with Gasteiger partial charge in [0.2, 0.25) is 5.91 Å². The van der Waals surface area contributed by atoms with E-state index in [0.29, 0.717) is 0 Å². The molecule has 0 saturated carbocycles. The summed E-state index contributed by atoms with van der Waals surface area (Å²) in [6.07, 6.45) is 4.43. The number of imidazole rings is 1. The van der Waals surface area contributed by atoms with E-state index >= 15 is 0 Å². The van der Waals surface area contributed by atoms with E-state index in [-0.39, 0.29) is 24.3 Å². The van der Waals surface area contributed by atoms with Gasteiger partial charge in [0, 0.05) is 6.54 Å². The average Bonchev–Trinajstić information content (AvgIpc) is 3.12. The first kappa shape index (κ1) is 17.7. The Kier molecular flexibility index (Phi) is 5.53. The van der Waals surface area contributed by atoms with Crippen molar-refractivity contribution < 1.29 is 9.90 Å². The quantitative estimate of drug-likeness (QED) is 0.874. The number of likely N-dealkylation sites (tertiary alicyclic amines) is 1. The number of rotatable bonds is 5. The minimum Gasteiger partial charge on any atom is -0.392 e. The van der Waals surface area contributed by atoms with Crippen LogP contribution in [0.3, 0.4) is 0 Å². The van der Waals surface area contributed by atoms with Crippen molar-refractivity contribution >= 4 is 5.91 Å². The van der Waals surface area contributed by atoms with Gasteiger partial charge in [0.05, 0.1) is 30.5 Å². The summed E-state index contributed by atoms with van der Waals surface area (Å²) >= 11 is 0. The maximum Gasteiger partial charge on any atom is 0.225 e. The van der Waals surface area contributed by atoms with Gasteiger partial charge >= 0.3 is 0 Å². The molecule has 25 heavy (non-hydrogen) atoms. The van der Waals surface area contributed by atoms with E-state index in [0.717, 1.165) is 42.9 Å². The van der Waals surface area contributed by atoms with Gasteiger partial charge in [0.1, 0.15) is 5.82 Å². The molecule has 3 rings (SSSR count). The van der Waals surface area contributed by atoms with Crippen LogP contribution >= 0.6 is 0 Å². The molecule has 1 amide bonds. The Morgan fingerprint density at radius 3 is 2.80 bits per heavy atom. The number of carbonyl (C=O) groups is 1. The van der Waals surface area contributed by atoms with E-state index in [1.807, 2.05) is 55.3 Å². The summed E-state index contributed by atoms with van der Waals surface area (Å²) in [6, 6.07) is 10.0. The Morgan fingerprint density at radius 1 is 1.32 bits per heavy atom. The number of benzene rings is 1. The second kappa shape index (κ2) is 7.83. The zero-order valence-electron chi connectivity index (χ0n) is 15.0. The molecule has 1 fully saturated rings. The van der Waals surface area contributed by atoms with Crippen molar-refractivity contribution in [2.45, 2.75) is 51.7 Å². The van der Waals surface area contributed by atoms with Gasteiger partial charge in [-0.3, -0.25) is 4.79 Å². The zero-order chi connectivity index (χ0) is 17.8. The van der Waals surface area contributed by atoms with Gasteiger partial charge in [-0.25, -0.2) is 4.98 Å². The van der Waals surface area contributed by atoms with Gasteiger partial charge in [0.25, 0.3) is 0 Å². The van der Waals surface area contributed by atoms with Gasteiger partial charge in [-0.1, -0.05) is 44.2 Å². The van der Waals surface area contributed by atoms with Crippen molar-refractivity contribution in [3.63, 3.8) is 0 Å². The van der Waals surface area contributed by atoms with Crippen LogP contribution in [0.5, 0.6) is 0 Å². The summed E-state index contributed by atoms with van der Waals surface area (Å²) in [6.45, 7) is 4.60. The highest BCUT2D eigenvalue weighted by Crippen LogP contribution is 2.31. The highest BCUT2D eigenvalue weighted by Gasteiger charge is 2.31. The van der Waals surface area contributed by atoms with Gasteiger partial charge < -0.3 is 15.0 Å². The maximum absolute atomic E-state index is 12.7. The SMILES string of the molecule is CC(C)[C@H](O)CC(=O)N1CCCC[C@H]1c1ncc(-c2ccccc2)[nH]1. The van der Waals surface area contributed by atoms with E-state index in [4.69, 9.17) is 0 Å². The highest BCUT2D eigenvalue weighted by atomic mass is 16.3. The third-order valence-electron chi connectivity index (χ3n) is 4.97. The molecule has 0 radical (unpaired) electrons. The molecule has 1 aromatic carbocycles. The van der Waals surface area contributed by atoms with Crippen molar-refractivity contribution in [1.82, 2.24) is 14.9 Å². The average molecular weight is 341 g/mol. The fourth-order valence-corrected chi connectivity index (χ4v) is 3.32. The molecule has 2 atom stereocenters. The number of carbonyl (C=O) groups excluding carboxylic acids is 1. The fraction of sp³-hybridized carbons (Fsp3) is 0.500. The molecule has 0 bridgehead atoms. The molecule has 2 N–H and O–H groups in total. The maximum atomic E-state index is 12.7. The van der Waals surface area contributed by atoms with Crippen LogP contribution in [0.1, 0.15) is 51.4 Å². The molecule has 2 aromatic rings. The number of nitrogens with one attached hydrogen (secondary N) is 1. The third-order valence-corrected chi connectivity index (χ3v) is 4.97. The van der Waals surface area contributed by atoms with E-state index in [1.54, 1.807) is 0 Å². The van der Waals surface area contributed by atoms with Crippen molar-refractivity contribution in [3.8, 4) is 11.3 Å². The summed E-state index contributed by atoms with van der Waals surface area (Å²) in [5.41, 5.74) is 2.06. The molecular weight excluding hydrogens is 314 g/mol. The Morgan fingerprint density at radius 2 is 2.08 bits per heavy atom. The van der Waals surface area contributed by atoms with Crippen molar-refractivity contribution in [2.75, 3.05) is 6.54 Å². The Bertz CT molecular complexity index is 696. The minimum absolute atomic E-state index is 0.0172. The molecular formula is C20H27N3O2. The minimum atomic E-state index is -0.591. The number of amides is 1. The van der Waals surface area contributed by atoms with E-state index in [1.165, 1.54) is 0 Å². The van der Waals surface area contributed by atoms with Crippen LogP contribution < -0.4 is 0 Å². The molecule has 134 valence electrons. The summed E-state index contributed by atoms with van der Waals surface area (Å²) in [7, 11) is 0. The Balaban J connectivity index is 1.77. The lowest BCUT2D eigenvalue weighted by Gasteiger charge is -2.35. The topological polar surface area (TPSA) is 69.2 Å². The van der Waals surface area contributed by atoms with Gasteiger partial charge in [0.15, 0.2) is 0 Å². The Labute approximate surface area is 149 Å². The number of nitrogens with zero attached hydrogens (tertiary/aromatic N) is 2. The van der Waals surface area contributed by atoms with Crippen LogP contribution in [-0.2, 0) is 4.79 Å². The lowest BCUT2D eigenvalue weighted by atomic mass is 9.98. The van der Waals surface area contributed by atoms with Gasteiger partial charge in [-0.15, -0.1) is 0 Å². The van der Waals surface area contributed by atoms with Crippen LogP contribution in [0.25, 0.3) is 11.3 Å². The van der Waals surface area contributed by atoms with Crippen molar-refractivity contribution in [2.24, 2.45) is 5.92 Å². The number of H-pyrrole nitrogens is 1. The second-order valence-corrected chi connectivity index (χ2v) is 7.16. The molecule has 1 aromatic heterocycles. The number of aliphatic hydroxyl groups excluding tert-OH is 1. The summed E-state index contributed by atoms with van der Waals surface area (Å²) in [5, 5.41) is 10.1. The molecule has 0 spiro atoms. The largest absolute Gasteiger partial charge is 0.392 e. The summed E-state index contributed by atoms with van der Waals surface area (Å²) < 4.78 is 0. The van der Waals surface area contributed by atoms with Crippen molar-refractivity contribution in [1.29, 1.82) is 0 Å². The summed E-state index contributed by atoms with van der Waals surface area (Å²) in [4.78, 5) is 22.5. The van der Waals surface area contributed by atoms with Crippen LogP contribution in [0.2, 0.25) is 0 Å². The molecule has 0 aliphatic carbocycles. The fourth-order valence-electron chi connectivity index (χ4n) is 3.32. The molecule has 1 saturated heterocycles. The standard InChI is InChI=1S/C20H27N3O2/c1-14(2)18(24)12-19(25)23-11-7-6-10-17(23)20-21-13-16(22-20)15-8-4-3-5-9-15/h3-5,8-9,13-14,17-18,24H,6-7,10-12H2,1-2H3,(H,21,22)/t17-,18+/m0/s1. The van der Waals surface area contributed by atoms with Crippen LogP contribution in [0, 0.1) is 5.92 Å². The number of aromatic nitrogens is 2. The second-order valence-electron chi connectivity index (χ2n) is 7.16. The lowest BCUT2D eigenvalue weighted by Crippen LogP contribution is -2.40. The normalized spacial score (nSPS) is 19.2. The lowest BCUT2D eigenvalue weighted by molar-refractivity contribution is -0.138. The molecule has 1 aliphatic rings. The van der Waals surface area contributed by atoms with Crippen LogP contribution in [-0.4, -0.2) is 38.5 Å².